The fourth-order valence-corrected chi connectivity index (χ4v) is 3.61. The van der Waals surface area contributed by atoms with E-state index in [1.165, 1.54) is 11.0 Å². The Morgan fingerprint density at radius 1 is 1.08 bits per heavy atom. The van der Waals surface area contributed by atoms with E-state index >= 15 is 0 Å². The van der Waals surface area contributed by atoms with Crippen molar-refractivity contribution < 1.29 is 23.5 Å². The summed E-state index contributed by atoms with van der Waals surface area (Å²) in [7, 11) is 0. The highest BCUT2D eigenvalue weighted by Gasteiger charge is 2.48. The molecule has 4 nitrogen and oxygen atoms in total. The number of fused-ring (bicyclic) bond motifs is 1. The van der Waals surface area contributed by atoms with Crippen molar-refractivity contribution in [2.24, 2.45) is 5.92 Å². The molecule has 0 spiro atoms. The molecule has 0 aromatic heterocycles. The molecule has 3 unspecified atom stereocenters. The highest BCUT2D eigenvalue weighted by molar-refractivity contribution is 6.01. The molecular weight excluding hydrogens is 328 g/mol. The second kappa shape index (κ2) is 5.65. The Bertz CT molecular complexity index is 883. The molecular formula is C19H15F2NO3. The molecule has 2 aromatic carbocycles. The van der Waals surface area contributed by atoms with Crippen LogP contribution in [-0.2, 0) is 9.59 Å². The second-order valence-corrected chi connectivity index (χ2v) is 6.52. The number of hydrogen-bond acceptors (Lipinski definition) is 2. The van der Waals surface area contributed by atoms with E-state index in [2.05, 4.69) is 0 Å². The standard InChI is InChI=1S/C19H15F2NO3/c20-15-6-5-10(7-16(15)21)12-8-13(12)18(23)22-9-14(19(24)25)11-3-1-2-4-17(11)22/h1-7,12-14H,8-9H2,(H,24,25). The average Bonchev–Trinajstić information content (AvgIpc) is 3.29. The van der Waals surface area contributed by atoms with Crippen LogP contribution in [0.3, 0.4) is 0 Å². The lowest BCUT2D eigenvalue weighted by Crippen LogP contribution is -2.32. The molecule has 2 aromatic rings. The van der Waals surface area contributed by atoms with E-state index in [9.17, 15) is 23.5 Å². The van der Waals surface area contributed by atoms with Gasteiger partial charge in [-0.2, -0.15) is 0 Å². The van der Waals surface area contributed by atoms with Crippen LogP contribution in [0.5, 0.6) is 0 Å². The van der Waals surface area contributed by atoms with Crippen LogP contribution in [-0.4, -0.2) is 23.5 Å². The van der Waals surface area contributed by atoms with E-state index in [0.717, 1.165) is 12.1 Å². The van der Waals surface area contributed by atoms with Crippen LogP contribution >= 0.6 is 0 Å². The van der Waals surface area contributed by atoms with Gasteiger partial charge in [0, 0.05) is 18.2 Å². The van der Waals surface area contributed by atoms with Gasteiger partial charge in [-0.15, -0.1) is 0 Å². The van der Waals surface area contributed by atoms with Crippen molar-refractivity contribution in [1.82, 2.24) is 0 Å². The number of amides is 1. The van der Waals surface area contributed by atoms with Gasteiger partial charge >= 0.3 is 5.97 Å². The number of para-hydroxylation sites is 1. The van der Waals surface area contributed by atoms with E-state index in [0.29, 0.717) is 23.2 Å². The minimum atomic E-state index is -0.962. The molecule has 128 valence electrons. The molecule has 4 rings (SSSR count). The molecule has 1 heterocycles. The number of carbonyl (C=O) groups is 2. The Hall–Kier alpha value is -2.76. The fraction of sp³-hybridized carbons (Fsp3) is 0.263. The molecule has 0 saturated heterocycles. The van der Waals surface area contributed by atoms with Crippen LogP contribution in [0.15, 0.2) is 42.5 Å². The SMILES string of the molecule is O=C(O)C1CN(C(=O)C2CC2c2ccc(F)c(F)c2)c2ccccc21. The number of carboxylic acid groups (broad SMARTS) is 1. The number of nitrogens with zero attached hydrogens (tertiary/aromatic N) is 1. The van der Waals surface area contributed by atoms with E-state index < -0.39 is 23.5 Å². The van der Waals surface area contributed by atoms with Crippen molar-refractivity contribution in [2.75, 3.05) is 11.4 Å². The normalized spacial score (nSPS) is 24.1. The van der Waals surface area contributed by atoms with Crippen molar-refractivity contribution in [3.63, 3.8) is 0 Å². The largest absolute Gasteiger partial charge is 0.481 e. The lowest BCUT2D eigenvalue weighted by Gasteiger charge is -2.17. The molecule has 1 aliphatic carbocycles. The zero-order valence-electron chi connectivity index (χ0n) is 13.2. The number of hydrogen-bond donors (Lipinski definition) is 1. The van der Waals surface area contributed by atoms with Crippen LogP contribution in [0.2, 0.25) is 0 Å². The molecule has 1 saturated carbocycles. The number of aliphatic carboxylic acids is 1. The van der Waals surface area contributed by atoms with Gasteiger partial charge in [-0.05, 0) is 41.7 Å². The monoisotopic (exact) mass is 343 g/mol. The van der Waals surface area contributed by atoms with Crippen molar-refractivity contribution in [2.45, 2.75) is 18.3 Å². The first kappa shape index (κ1) is 15.7. The predicted molar refractivity (Wildman–Crippen MR) is 86.4 cm³/mol. The van der Waals surface area contributed by atoms with Gasteiger partial charge < -0.3 is 10.0 Å². The van der Waals surface area contributed by atoms with Crippen LogP contribution in [0.1, 0.15) is 29.4 Å². The van der Waals surface area contributed by atoms with Gasteiger partial charge in [-0.25, -0.2) is 8.78 Å². The summed E-state index contributed by atoms with van der Waals surface area (Å²) < 4.78 is 26.5. The third-order valence-electron chi connectivity index (χ3n) is 5.01. The molecule has 6 heteroatoms. The Balaban J connectivity index is 1.57. The quantitative estimate of drug-likeness (QED) is 0.930. The van der Waals surface area contributed by atoms with Gasteiger partial charge in [0.2, 0.25) is 5.91 Å². The van der Waals surface area contributed by atoms with E-state index in [1.54, 1.807) is 24.3 Å². The summed E-state index contributed by atoms with van der Waals surface area (Å²) in [6, 6.07) is 10.7. The molecule has 1 aliphatic heterocycles. The number of rotatable bonds is 3. The summed E-state index contributed by atoms with van der Waals surface area (Å²) >= 11 is 0. The minimum Gasteiger partial charge on any atom is -0.481 e. The summed E-state index contributed by atoms with van der Waals surface area (Å²) in [5.74, 6) is -4.18. The highest BCUT2D eigenvalue weighted by atomic mass is 19.2. The zero-order chi connectivity index (χ0) is 17.7. The summed E-state index contributed by atoms with van der Waals surface area (Å²) in [5.41, 5.74) is 1.85. The lowest BCUT2D eigenvalue weighted by molar-refractivity contribution is -0.138. The van der Waals surface area contributed by atoms with E-state index in [-0.39, 0.29) is 24.3 Å². The van der Waals surface area contributed by atoms with Gasteiger partial charge in [0.25, 0.3) is 0 Å². The number of anilines is 1. The van der Waals surface area contributed by atoms with Gasteiger partial charge in [0.15, 0.2) is 11.6 Å². The maximum atomic E-state index is 13.4. The number of halogens is 2. The summed E-state index contributed by atoms with van der Waals surface area (Å²) in [6.07, 6.45) is 0.556. The first-order valence-corrected chi connectivity index (χ1v) is 8.05. The van der Waals surface area contributed by atoms with Crippen molar-refractivity contribution in [3.05, 3.63) is 65.2 Å². The van der Waals surface area contributed by atoms with E-state index in [1.807, 2.05) is 0 Å². The average molecular weight is 343 g/mol. The molecule has 25 heavy (non-hydrogen) atoms. The Morgan fingerprint density at radius 2 is 1.84 bits per heavy atom. The number of carboxylic acids is 1. The van der Waals surface area contributed by atoms with Gasteiger partial charge in [-0.3, -0.25) is 9.59 Å². The number of carbonyl (C=O) groups excluding carboxylic acids is 1. The lowest BCUT2D eigenvalue weighted by atomic mass is 10.0. The third kappa shape index (κ3) is 2.58. The molecule has 3 atom stereocenters. The minimum absolute atomic E-state index is 0.106. The maximum Gasteiger partial charge on any atom is 0.312 e. The first-order valence-electron chi connectivity index (χ1n) is 8.05. The smallest absolute Gasteiger partial charge is 0.312 e. The van der Waals surface area contributed by atoms with E-state index in [4.69, 9.17) is 0 Å². The summed E-state index contributed by atoms with van der Waals surface area (Å²) in [4.78, 5) is 25.8. The topological polar surface area (TPSA) is 57.6 Å². The fourth-order valence-electron chi connectivity index (χ4n) is 3.61. The van der Waals surface area contributed by atoms with Gasteiger partial charge in [-0.1, -0.05) is 24.3 Å². The zero-order valence-corrected chi connectivity index (χ0v) is 13.2. The van der Waals surface area contributed by atoms with Crippen molar-refractivity contribution in [1.29, 1.82) is 0 Å². The second-order valence-electron chi connectivity index (χ2n) is 6.52. The van der Waals surface area contributed by atoms with Crippen LogP contribution in [0.4, 0.5) is 14.5 Å². The number of benzene rings is 2. The Kier molecular flexibility index (Phi) is 3.56. The molecule has 0 bridgehead atoms. The molecule has 1 amide bonds. The van der Waals surface area contributed by atoms with Crippen LogP contribution in [0.25, 0.3) is 0 Å². The van der Waals surface area contributed by atoms with Crippen LogP contribution < -0.4 is 4.90 Å². The van der Waals surface area contributed by atoms with Crippen LogP contribution in [0, 0.1) is 17.6 Å². The maximum absolute atomic E-state index is 13.4. The molecule has 1 fully saturated rings. The Morgan fingerprint density at radius 3 is 2.56 bits per heavy atom. The molecule has 0 radical (unpaired) electrons. The van der Waals surface area contributed by atoms with Crippen molar-refractivity contribution >= 4 is 17.6 Å². The van der Waals surface area contributed by atoms with Crippen molar-refractivity contribution in [3.8, 4) is 0 Å². The van der Waals surface area contributed by atoms with Gasteiger partial charge in [0.1, 0.15) is 5.92 Å². The van der Waals surface area contributed by atoms with Gasteiger partial charge in [0.05, 0.1) is 0 Å². The summed E-state index contributed by atoms with van der Waals surface area (Å²) in [6.45, 7) is 0.106. The predicted octanol–water partition coefficient (Wildman–Crippen LogP) is 3.28. The molecule has 2 aliphatic rings. The summed E-state index contributed by atoms with van der Waals surface area (Å²) in [5, 5.41) is 9.39. The molecule has 1 N–H and O–H groups in total. The third-order valence-corrected chi connectivity index (χ3v) is 5.01. The first-order chi connectivity index (χ1) is 12.0. The highest BCUT2D eigenvalue weighted by Crippen LogP contribution is 2.50. The Labute approximate surface area is 142 Å².